The number of hydrogen-bond donors (Lipinski definition) is 2. The summed E-state index contributed by atoms with van der Waals surface area (Å²) in [5.41, 5.74) is 6.81. The van der Waals surface area contributed by atoms with Crippen LogP contribution in [0.5, 0.6) is 11.5 Å². The molecule has 0 aromatic heterocycles. The number of rotatable bonds is 3. The summed E-state index contributed by atoms with van der Waals surface area (Å²) in [7, 11) is -3.83. The summed E-state index contributed by atoms with van der Waals surface area (Å²) >= 11 is 3.40. The SMILES string of the molecule is Cc1ccc(Oc2ccc(S(N)(=O)=O)c(N)c2)c(Br)c1. The lowest BCUT2D eigenvalue weighted by molar-refractivity contribution is 0.479. The van der Waals surface area contributed by atoms with E-state index >= 15 is 0 Å². The summed E-state index contributed by atoms with van der Waals surface area (Å²) in [4.78, 5) is -0.118. The van der Waals surface area contributed by atoms with Crippen molar-refractivity contribution in [2.24, 2.45) is 5.14 Å². The normalized spacial score (nSPS) is 11.3. The molecule has 0 saturated heterocycles. The van der Waals surface area contributed by atoms with Crippen molar-refractivity contribution in [3.05, 3.63) is 46.4 Å². The van der Waals surface area contributed by atoms with Gasteiger partial charge in [0.15, 0.2) is 0 Å². The van der Waals surface area contributed by atoms with E-state index in [1.165, 1.54) is 18.2 Å². The van der Waals surface area contributed by atoms with E-state index in [9.17, 15) is 8.42 Å². The first-order valence-electron chi connectivity index (χ1n) is 5.64. The molecule has 7 heteroatoms. The minimum Gasteiger partial charge on any atom is -0.456 e. The molecule has 0 amide bonds. The van der Waals surface area contributed by atoms with Crippen molar-refractivity contribution in [3.8, 4) is 11.5 Å². The molecular formula is C13H13BrN2O3S. The Hall–Kier alpha value is -1.57. The van der Waals surface area contributed by atoms with Gasteiger partial charge in [0.05, 0.1) is 10.2 Å². The second-order valence-corrected chi connectivity index (χ2v) is 6.66. The average Bonchev–Trinajstić information content (AvgIpc) is 2.31. The van der Waals surface area contributed by atoms with Crippen molar-refractivity contribution in [3.63, 3.8) is 0 Å². The van der Waals surface area contributed by atoms with Gasteiger partial charge < -0.3 is 10.5 Å². The largest absolute Gasteiger partial charge is 0.456 e. The highest BCUT2D eigenvalue weighted by atomic mass is 79.9. The lowest BCUT2D eigenvalue weighted by atomic mass is 10.2. The first-order valence-corrected chi connectivity index (χ1v) is 7.97. The number of primary sulfonamides is 1. The van der Waals surface area contributed by atoms with E-state index in [1.807, 2.05) is 25.1 Å². The molecule has 5 nitrogen and oxygen atoms in total. The maximum Gasteiger partial charge on any atom is 0.240 e. The number of hydrogen-bond acceptors (Lipinski definition) is 4. The van der Waals surface area contributed by atoms with Gasteiger partial charge in [0.2, 0.25) is 10.0 Å². The summed E-state index contributed by atoms with van der Waals surface area (Å²) in [5.74, 6) is 1.04. The van der Waals surface area contributed by atoms with E-state index in [4.69, 9.17) is 15.6 Å². The molecule has 0 atom stereocenters. The zero-order valence-electron chi connectivity index (χ0n) is 10.6. The third-order valence-electron chi connectivity index (χ3n) is 2.60. The minimum atomic E-state index is -3.83. The Morgan fingerprint density at radius 2 is 1.85 bits per heavy atom. The van der Waals surface area contributed by atoms with Gasteiger partial charge in [-0.05, 0) is 52.7 Å². The van der Waals surface area contributed by atoms with E-state index in [-0.39, 0.29) is 10.6 Å². The molecule has 4 N–H and O–H groups in total. The molecule has 0 aliphatic rings. The maximum absolute atomic E-state index is 11.3. The summed E-state index contributed by atoms with van der Waals surface area (Å²) < 4.78 is 29.0. The minimum absolute atomic E-state index is 0.0493. The van der Waals surface area contributed by atoms with Crippen LogP contribution in [0.25, 0.3) is 0 Å². The number of nitrogen functional groups attached to an aromatic ring is 1. The van der Waals surface area contributed by atoms with Crippen LogP contribution in [0.2, 0.25) is 0 Å². The Morgan fingerprint density at radius 3 is 2.40 bits per heavy atom. The van der Waals surface area contributed by atoms with E-state index < -0.39 is 10.0 Å². The fourth-order valence-corrected chi connectivity index (χ4v) is 2.88. The van der Waals surface area contributed by atoms with Crippen LogP contribution in [0.3, 0.4) is 0 Å². The van der Waals surface area contributed by atoms with Gasteiger partial charge in [-0.25, -0.2) is 13.6 Å². The van der Waals surface area contributed by atoms with Crippen molar-refractivity contribution >= 4 is 31.6 Å². The zero-order chi connectivity index (χ0) is 14.9. The number of ether oxygens (including phenoxy) is 1. The van der Waals surface area contributed by atoms with Gasteiger partial charge in [-0.1, -0.05) is 6.07 Å². The summed E-state index contributed by atoms with van der Waals surface area (Å²) in [6.07, 6.45) is 0. The molecule has 0 aliphatic carbocycles. The van der Waals surface area contributed by atoms with E-state index in [0.29, 0.717) is 11.5 Å². The lowest BCUT2D eigenvalue weighted by Gasteiger charge is -2.10. The number of aryl methyl sites for hydroxylation is 1. The second kappa shape index (κ2) is 5.43. The molecule has 106 valence electrons. The van der Waals surface area contributed by atoms with Crippen LogP contribution >= 0.6 is 15.9 Å². The molecule has 0 spiro atoms. The fourth-order valence-electron chi connectivity index (χ4n) is 1.66. The van der Waals surface area contributed by atoms with Crippen molar-refractivity contribution in [1.82, 2.24) is 0 Å². The molecule has 0 saturated carbocycles. The molecule has 20 heavy (non-hydrogen) atoms. The second-order valence-electron chi connectivity index (χ2n) is 4.28. The quantitative estimate of drug-likeness (QED) is 0.826. The molecule has 0 heterocycles. The van der Waals surface area contributed by atoms with Gasteiger partial charge >= 0.3 is 0 Å². The Kier molecular flexibility index (Phi) is 4.03. The molecule has 2 aromatic rings. The van der Waals surface area contributed by atoms with Gasteiger partial charge in [-0.2, -0.15) is 0 Å². The molecule has 2 rings (SSSR count). The monoisotopic (exact) mass is 356 g/mol. The van der Waals surface area contributed by atoms with Crippen LogP contribution < -0.4 is 15.6 Å². The van der Waals surface area contributed by atoms with E-state index in [2.05, 4.69) is 15.9 Å². The number of halogens is 1. The van der Waals surface area contributed by atoms with Crippen LogP contribution in [-0.4, -0.2) is 8.42 Å². The zero-order valence-corrected chi connectivity index (χ0v) is 13.0. The summed E-state index contributed by atoms with van der Waals surface area (Å²) in [6, 6.07) is 9.87. The highest BCUT2D eigenvalue weighted by Crippen LogP contribution is 2.32. The highest BCUT2D eigenvalue weighted by molar-refractivity contribution is 9.10. The Labute approximate surface area is 125 Å². The molecular weight excluding hydrogens is 344 g/mol. The Morgan fingerprint density at radius 1 is 1.15 bits per heavy atom. The van der Waals surface area contributed by atoms with E-state index in [1.54, 1.807) is 0 Å². The third-order valence-corrected chi connectivity index (χ3v) is 4.21. The van der Waals surface area contributed by atoms with Crippen LogP contribution in [-0.2, 0) is 10.0 Å². The molecule has 0 unspecified atom stereocenters. The van der Waals surface area contributed by atoms with Crippen molar-refractivity contribution in [1.29, 1.82) is 0 Å². The maximum atomic E-state index is 11.3. The number of nitrogens with two attached hydrogens (primary N) is 2. The van der Waals surface area contributed by atoms with Crippen LogP contribution in [0.15, 0.2) is 45.8 Å². The van der Waals surface area contributed by atoms with Gasteiger partial charge in [0.25, 0.3) is 0 Å². The molecule has 0 aliphatic heterocycles. The molecule has 2 aromatic carbocycles. The lowest BCUT2D eigenvalue weighted by Crippen LogP contribution is -2.14. The van der Waals surface area contributed by atoms with Gasteiger partial charge in [0.1, 0.15) is 16.4 Å². The number of anilines is 1. The smallest absolute Gasteiger partial charge is 0.240 e. The Bertz CT molecular complexity index is 760. The van der Waals surface area contributed by atoms with Crippen LogP contribution in [0.1, 0.15) is 5.56 Å². The number of sulfonamides is 1. The predicted molar refractivity (Wildman–Crippen MR) is 81.2 cm³/mol. The summed E-state index contributed by atoms with van der Waals surface area (Å²) in [5, 5.41) is 5.04. The van der Waals surface area contributed by atoms with E-state index in [0.717, 1.165) is 10.0 Å². The topological polar surface area (TPSA) is 95.4 Å². The molecule has 0 fully saturated rings. The molecule has 0 radical (unpaired) electrons. The molecule has 0 bridgehead atoms. The average molecular weight is 357 g/mol. The first-order chi connectivity index (χ1) is 9.27. The van der Waals surface area contributed by atoms with Crippen molar-refractivity contribution in [2.75, 3.05) is 5.73 Å². The van der Waals surface area contributed by atoms with Crippen molar-refractivity contribution < 1.29 is 13.2 Å². The van der Waals surface area contributed by atoms with Gasteiger partial charge in [-0.15, -0.1) is 0 Å². The fraction of sp³-hybridized carbons (Fsp3) is 0.0769. The third kappa shape index (κ3) is 3.30. The predicted octanol–water partition coefficient (Wildman–Crippen LogP) is 2.78. The summed E-state index contributed by atoms with van der Waals surface area (Å²) in [6.45, 7) is 1.97. The Balaban J connectivity index is 2.34. The van der Waals surface area contributed by atoms with Gasteiger partial charge in [0, 0.05) is 6.07 Å². The first kappa shape index (κ1) is 14.8. The van der Waals surface area contributed by atoms with Gasteiger partial charge in [-0.3, -0.25) is 0 Å². The van der Waals surface area contributed by atoms with Crippen molar-refractivity contribution in [2.45, 2.75) is 11.8 Å². The van der Waals surface area contributed by atoms with Crippen LogP contribution in [0, 0.1) is 6.92 Å². The standard InChI is InChI=1S/C13H13BrN2O3S/c1-8-2-4-12(10(14)6-8)19-9-3-5-13(11(15)7-9)20(16,17)18/h2-7H,15H2,1H3,(H2,16,17,18). The van der Waals surface area contributed by atoms with Crippen LogP contribution in [0.4, 0.5) is 5.69 Å². The number of benzene rings is 2. The highest BCUT2D eigenvalue weighted by Gasteiger charge is 2.13.